The van der Waals surface area contributed by atoms with Gasteiger partial charge in [0.25, 0.3) is 0 Å². The van der Waals surface area contributed by atoms with Crippen LogP contribution in [-0.4, -0.2) is 37.2 Å². The lowest BCUT2D eigenvalue weighted by Crippen LogP contribution is -2.30. The first-order valence-electron chi connectivity index (χ1n) is 25.3. The van der Waals surface area contributed by atoms with E-state index in [2.05, 4.69) is 81.5 Å². The number of carbonyl (C=O) groups excluding carboxylic acids is 3. The number of allylic oxidation sites excluding steroid dienone is 10. The number of esters is 3. The molecule has 346 valence electrons. The molecule has 0 saturated heterocycles. The van der Waals surface area contributed by atoms with Crippen molar-refractivity contribution in [1.82, 2.24) is 0 Å². The number of rotatable bonds is 45. The maximum absolute atomic E-state index is 12.8. The minimum absolute atomic E-state index is 0.0864. The minimum Gasteiger partial charge on any atom is -0.462 e. The Morgan fingerprint density at radius 1 is 0.350 bits per heavy atom. The molecule has 0 fully saturated rings. The Morgan fingerprint density at radius 3 is 1.02 bits per heavy atom. The second kappa shape index (κ2) is 48.8. The Balaban J connectivity index is 4.39. The molecule has 0 heterocycles. The molecule has 0 spiro atoms. The highest BCUT2D eigenvalue weighted by atomic mass is 16.6. The van der Waals surface area contributed by atoms with Crippen molar-refractivity contribution in [3.05, 3.63) is 60.8 Å². The van der Waals surface area contributed by atoms with E-state index in [1.165, 1.54) is 103 Å². The van der Waals surface area contributed by atoms with Crippen molar-refractivity contribution in [3.63, 3.8) is 0 Å². The number of ether oxygens (including phenoxy) is 3. The smallest absolute Gasteiger partial charge is 0.306 e. The van der Waals surface area contributed by atoms with Crippen LogP contribution >= 0.6 is 0 Å². The Bertz CT molecular complexity index is 1100. The average molecular weight is 839 g/mol. The Kier molecular flexibility index (Phi) is 46.4. The summed E-state index contributed by atoms with van der Waals surface area (Å²) < 4.78 is 16.7. The molecular formula is C54H94O6. The van der Waals surface area contributed by atoms with Crippen molar-refractivity contribution in [1.29, 1.82) is 0 Å². The average Bonchev–Trinajstić information content (AvgIpc) is 3.24. The van der Waals surface area contributed by atoms with Gasteiger partial charge in [0.05, 0.1) is 0 Å². The van der Waals surface area contributed by atoms with Crippen LogP contribution in [0, 0.1) is 0 Å². The highest BCUT2D eigenvalue weighted by Gasteiger charge is 2.19. The summed E-state index contributed by atoms with van der Waals surface area (Å²) in [5, 5.41) is 0. The van der Waals surface area contributed by atoms with E-state index in [0.717, 1.165) is 103 Å². The molecule has 0 N–H and O–H groups in total. The first-order chi connectivity index (χ1) is 29.5. The number of unbranched alkanes of at least 4 members (excludes halogenated alkanes) is 27. The zero-order valence-corrected chi connectivity index (χ0v) is 39.5. The largest absolute Gasteiger partial charge is 0.462 e. The molecule has 0 amide bonds. The third-order valence-electron chi connectivity index (χ3n) is 10.8. The van der Waals surface area contributed by atoms with Crippen LogP contribution in [-0.2, 0) is 28.6 Å². The van der Waals surface area contributed by atoms with E-state index in [1.54, 1.807) is 0 Å². The molecule has 0 aliphatic rings. The zero-order chi connectivity index (χ0) is 43.7. The maximum Gasteiger partial charge on any atom is 0.306 e. The van der Waals surface area contributed by atoms with Gasteiger partial charge in [-0.15, -0.1) is 0 Å². The van der Waals surface area contributed by atoms with E-state index in [0.29, 0.717) is 19.3 Å². The molecule has 0 aromatic heterocycles. The third kappa shape index (κ3) is 46.2. The summed E-state index contributed by atoms with van der Waals surface area (Å²) in [5.41, 5.74) is 0. The molecule has 0 aromatic rings. The SMILES string of the molecule is CC\C=C/C=C\C=C/CCCCCCCC(=O)OC(COC(=O)CCCCCCC/C=C\C=C/CCCCCCCCC)COC(=O)CCCCCCCCCCCCC. The van der Waals surface area contributed by atoms with Crippen LogP contribution in [0.5, 0.6) is 0 Å². The van der Waals surface area contributed by atoms with Gasteiger partial charge in [0.2, 0.25) is 0 Å². The van der Waals surface area contributed by atoms with Gasteiger partial charge in [-0.25, -0.2) is 0 Å². The number of carbonyl (C=O) groups is 3. The maximum atomic E-state index is 12.8. The summed E-state index contributed by atoms with van der Waals surface area (Å²) in [6.07, 6.45) is 59.2. The predicted molar refractivity (Wildman–Crippen MR) is 256 cm³/mol. The molecule has 0 rings (SSSR count). The van der Waals surface area contributed by atoms with E-state index in [9.17, 15) is 14.4 Å². The topological polar surface area (TPSA) is 78.9 Å². The second-order valence-electron chi connectivity index (χ2n) is 16.8. The van der Waals surface area contributed by atoms with Crippen LogP contribution in [0.15, 0.2) is 60.8 Å². The molecule has 6 nitrogen and oxygen atoms in total. The van der Waals surface area contributed by atoms with Gasteiger partial charge in [0.15, 0.2) is 6.10 Å². The van der Waals surface area contributed by atoms with Crippen LogP contribution in [0.1, 0.15) is 245 Å². The molecule has 0 aromatic carbocycles. The molecule has 60 heavy (non-hydrogen) atoms. The number of hydrogen-bond acceptors (Lipinski definition) is 6. The van der Waals surface area contributed by atoms with Gasteiger partial charge in [-0.2, -0.15) is 0 Å². The summed E-state index contributed by atoms with van der Waals surface area (Å²) >= 11 is 0. The second-order valence-corrected chi connectivity index (χ2v) is 16.8. The van der Waals surface area contributed by atoms with Crippen LogP contribution < -0.4 is 0 Å². The summed E-state index contributed by atoms with van der Waals surface area (Å²) in [4.78, 5) is 37.9. The van der Waals surface area contributed by atoms with Crippen molar-refractivity contribution in [3.8, 4) is 0 Å². The predicted octanol–water partition coefficient (Wildman–Crippen LogP) is 16.5. The van der Waals surface area contributed by atoms with Gasteiger partial charge in [-0.1, -0.05) is 223 Å². The first-order valence-corrected chi connectivity index (χ1v) is 25.3. The van der Waals surface area contributed by atoms with Crippen LogP contribution in [0.25, 0.3) is 0 Å². The van der Waals surface area contributed by atoms with Gasteiger partial charge in [0, 0.05) is 19.3 Å². The Morgan fingerprint density at radius 2 is 0.650 bits per heavy atom. The van der Waals surface area contributed by atoms with Crippen molar-refractivity contribution < 1.29 is 28.6 Å². The highest BCUT2D eigenvalue weighted by molar-refractivity contribution is 5.71. The third-order valence-corrected chi connectivity index (χ3v) is 10.8. The lowest BCUT2D eigenvalue weighted by atomic mass is 10.1. The molecule has 1 atom stereocenters. The van der Waals surface area contributed by atoms with E-state index >= 15 is 0 Å². The van der Waals surface area contributed by atoms with E-state index < -0.39 is 6.10 Å². The van der Waals surface area contributed by atoms with E-state index in [-0.39, 0.29) is 31.1 Å². The van der Waals surface area contributed by atoms with Crippen molar-refractivity contribution in [2.45, 2.75) is 252 Å². The van der Waals surface area contributed by atoms with Gasteiger partial charge < -0.3 is 14.2 Å². The molecule has 0 bridgehead atoms. The van der Waals surface area contributed by atoms with Crippen molar-refractivity contribution in [2.24, 2.45) is 0 Å². The lowest BCUT2D eigenvalue weighted by Gasteiger charge is -2.18. The fourth-order valence-corrected chi connectivity index (χ4v) is 7.02. The molecule has 0 aliphatic heterocycles. The lowest BCUT2D eigenvalue weighted by molar-refractivity contribution is -0.167. The minimum atomic E-state index is -0.788. The van der Waals surface area contributed by atoms with Gasteiger partial charge in [-0.3, -0.25) is 14.4 Å². The monoisotopic (exact) mass is 839 g/mol. The van der Waals surface area contributed by atoms with Crippen LogP contribution in [0.3, 0.4) is 0 Å². The number of hydrogen-bond donors (Lipinski definition) is 0. The highest BCUT2D eigenvalue weighted by Crippen LogP contribution is 2.14. The standard InChI is InChI=1S/C54H94O6/c1-4-7-10-13-16-19-22-24-25-26-27-28-30-32-35-38-41-44-47-53(56)59-50-51(49-58-52(55)46-43-40-37-34-31-21-18-15-12-9-6-3)60-54(57)48-45-42-39-36-33-29-23-20-17-14-11-8-5-2/h8,11,14,17,20,23,25-28,51H,4-7,9-10,12-13,15-16,18-19,21-22,24,29-50H2,1-3H3/b11-8-,17-14-,23-20-,26-25-,28-27-. The molecule has 0 saturated carbocycles. The summed E-state index contributed by atoms with van der Waals surface area (Å²) in [6.45, 7) is 6.47. The fourth-order valence-electron chi connectivity index (χ4n) is 7.02. The molecule has 6 heteroatoms. The Labute approximate surface area is 370 Å². The normalized spacial score (nSPS) is 12.5. The van der Waals surface area contributed by atoms with E-state index in [4.69, 9.17) is 14.2 Å². The quantitative estimate of drug-likeness (QED) is 0.0263. The summed E-state index contributed by atoms with van der Waals surface area (Å²) in [7, 11) is 0. The van der Waals surface area contributed by atoms with Gasteiger partial charge in [-0.05, 0) is 64.2 Å². The fraction of sp³-hybridized carbons (Fsp3) is 0.759. The molecular weight excluding hydrogens is 745 g/mol. The van der Waals surface area contributed by atoms with Crippen LogP contribution in [0.2, 0.25) is 0 Å². The van der Waals surface area contributed by atoms with E-state index in [1.807, 2.05) is 0 Å². The first kappa shape index (κ1) is 57.1. The molecule has 0 radical (unpaired) electrons. The summed E-state index contributed by atoms with van der Waals surface area (Å²) in [6, 6.07) is 0. The molecule has 1 unspecified atom stereocenters. The van der Waals surface area contributed by atoms with Crippen molar-refractivity contribution >= 4 is 17.9 Å². The van der Waals surface area contributed by atoms with Crippen molar-refractivity contribution in [2.75, 3.05) is 13.2 Å². The van der Waals surface area contributed by atoms with Gasteiger partial charge in [0.1, 0.15) is 13.2 Å². The zero-order valence-electron chi connectivity index (χ0n) is 39.5. The molecule has 0 aliphatic carbocycles. The van der Waals surface area contributed by atoms with Gasteiger partial charge >= 0.3 is 17.9 Å². The summed E-state index contributed by atoms with van der Waals surface area (Å²) in [5.74, 6) is -0.921. The Hall–Kier alpha value is -2.89. The van der Waals surface area contributed by atoms with Crippen LogP contribution in [0.4, 0.5) is 0 Å².